The summed E-state index contributed by atoms with van der Waals surface area (Å²) in [6.45, 7) is 0. The maximum Gasteiger partial charge on any atom is 0.123 e. The van der Waals surface area contributed by atoms with Crippen molar-refractivity contribution < 1.29 is 4.39 Å². The molecule has 1 saturated carbocycles. The normalized spacial score (nSPS) is 14.9. The molecule has 2 aromatic rings. The summed E-state index contributed by atoms with van der Waals surface area (Å²) in [6, 6.07) is 8.32. The Balaban J connectivity index is 2.02. The van der Waals surface area contributed by atoms with E-state index in [1.165, 1.54) is 30.5 Å². The molecule has 1 aliphatic rings. The fraction of sp³-hybridized carbons (Fsp3) is 0.214. The number of nitrogen functional groups attached to an aromatic ring is 1. The number of nitrogens with zero attached hydrogens (tertiary/aromatic N) is 1. The Labute approximate surface area is 99.3 Å². The van der Waals surface area contributed by atoms with E-state index in [2.05, 4.69) is 4.98 Å². The van der Waals surface area contributed by atoms with Gasteiger partial charge in [0.1, 0.15) is 5.82 Å². The van der Waals surface area contributed by atoms with Crippen LogP contribution in [0.5, 0.6) is 0 Å². The van der Waals surface area contributed by atoms with Crippen LogP contribution in [0.2, 0.25) is 0 Å². The van der Waals surface area contributed by atoms with E-state index in [0.717, 1.165) is 5.56 Å². The lowest BCUT2D eigenvalue weighted by molar-refractivity contribution is 0.628. The molecule has 0 saturated heterocycles. The summed E-state index contributed by atoms with van der Waals surface area (Å²) in [5.74, 6) is 0.362. The van der Waals surface area contributed by atoms with Gasteiger partial charge in [0.25, 0.3) is 0 Å². The van der Waals surface area contributed by atoms with Crippen LogP contribution in [0.4, 0.5) is 10.1 Å². The number of anilines is 1. The lowest BCUT2D eigenvalue weighted by atomic mass is 10.1. The largest absolute Gasteiger partial charge is 0.397 e. The van der Waals surface area contributed by atoms with Crippen molar-refractivity contribution >= 4 is 5.69 Å². The zero-order valence-corrected chi connectivity index (χ0v) is 9.36. The smallest absolute Gasteiger partial charge is 0.123 e. The Morgan fingerprint density at radius 3 is 2.71 bits per heavy atom. The van der Waals surface area contributed by atoms with Crippen molar-refractivity contribution in [1.29, 1.82) is 0 Å². The molecule has 86 valence electrons. The molecule has 1 fully saturated rings. The second-order valence-corrected chi connectivity index (χ2v) is 4.49. The molecule has 0 atom stereocenters. The number of rotatable bonds is 2. The number of hydrogen-bond donors (Lipinski definition) is 1. The molecule has 3 heteroatoms. The van der Waals surface area contributed by atoms with Crippen LogP contribution in [0.3, 0.4) is 0 Å². The third kappa shape index (κ3) is 2.00. The van der Waals surface area contributed by atoms with Gasteiger partial charge in [0.2, 0.25) is 0 Å². The van der Waals surface area contributed by atoms with E-state index in [4.69, 9.17) is 5.73 Å². The number of halogens is 1. The Bertz CT molecular complexity index is 562. The van der Waals surface area contributed by atoms with Gasteiger partial charge >= 0.3 is 0 Å². The predicted octanol–water partition coefficient (Wildman–Crippen LogP) is 3.35. The molecule has 1 aromatic heterocycles. The Hall–Kier alpha value is -1.90. The number of hydrogen-bond acceptors (Lipinski definition) is 2. The highest BCUT2D eigenvalue weighted by Crippen LogP contribution is 2.41. The molecular formula is C14H13FN2. The third-order valence-electron chi connectivity index (χ3n) is 3.09. The molecular weight excluding hydrogens is 215 g/mol. The van der Waals surface area contributed by atoms with Gasteiger partial charge in [-0.1, -0.05) is 12.1 Å². The van der Waals surface area contributed by atoms with E-state index in [0.29, 0.717) is 17.3 Å². The van der Waals surface area contributed by atoms with Crippen molar-refractivity contribution in [3.05, 3.63) is 47.9 Å². The maximum atomic E-state index is 13.1. The molecule has 1 aromatic carbocycles. The predicted molar refractivity (Wildman–Crippen MR) is 66.0 cm³/mol. The second kappa shape index (κ2) is 3.84. The third-order valence-corrected chi connectivity index (χ3v) is 3.09. The molecule has 0 amide bonds. The lowest BCUT2D eigenvalue weighted by Gasteiger charge is -2.07. The molecule has 0 aliphatic heterocycles. The molecule has 1 aliphatic carbocycles. The van der Waals surface area contributed by atoms with Gasteiger partial charge in [0, 0.05) is 11.8 Å². The number of pyridine rings is 1. The highest BCUT2D eigenvalue weighted by atomic mass is 19.1. The summed E-state index contributed by atoms with van der Waals surface area (Å²) in [5, 5.41) is 0. The summed E-state index contributed by atoms with van der Waals surface area (Å²) < 4.78 is 13.1. The van der Waals surface area contributed by atoms with Crippen LogP contribution in [-0.4, -0.2) is 4.98 Å². The van der Waals surface area contributed by atoms with Crippen LogP contribution in [0, 0.1) is 5.82 Å². The molecule has 0 radical (unpaired) electrons. The van der Waals surface area contributed by atoms with E-state index in [9.17, 15) is 4.39 Å². The van der Waals surface area contributed by atoms with Gasteiger partial charge in [-0.25, -0.2) is 4.39 Å². The lowest BCUT2D eigenvalue weighted by Crippen LogP contribution is -1.96. The summed E-state index contributed by atoms with van der Waals surface area (Å²) in [7, 11) is 0. The van der Waals surface area contributed by atoms with Crippen molar-refractivity contribution in [1.82, 2.24) is 4.98 Å². The van der Waals surface area contributed by atoms with E-state index < -0.39 is 0 Å². The quantitative estimate of drug-likeness (QED) is 0.856. The van der Waals surface area contributed by atoms with Gasteiger partial charge in [-0.05, 0) is 42.5 Å². The SMILES string of the molecule is Nc1cc(C2CC2)cnc1-c1cccc(F)c1. The van der Waals surface area contributed by atoms with Crippen molar-refractivity contribution in [3.63, 3.8) is 0 Å². The van der Waals surface area contributed by atoms with Crippen LogP contribution < -0.4 is 5.73 Å². The average Bonchev–Trinajstić information content (AvgIpc) is 3.12. The first kappa shape index (κ1) is 10.3. The minimum Gasteiger partial charge on any atom is -0.397 e. The Morgan fingerprint density at radius 2 is 2.06 bits per heavy atom. The average molecular weight is 228 g/mol. The van der Waals surface area contributed by atoms with Gasteiger partial charge in [0.05, 0.1) is 11.4 Å². The number of nitrogens with two attached hydrogens (primary N) is 1. The maximum absolute atomic E-state index is 13.1. The van der Waals surface area contributed by atoms with Crippen molar-refractivity contribution in [3.8, 4) is 11.3 Å². The van der Waals surface area contributed by atoms with Crippen LogP contribution >= 0.6 is 0 Å². The minimum atomic E-state index is -0.269. The minimum absolute atomic E-state index is 0.269. The second-order valence-electron chi connectivity index (χ2n) is 4.49. The molecule has 17 heavy (non-hydrogen) atoms. The monoisotopic (exact) mass is 228 g/mol. The first-order valence-corrected chi connectivity index (χ1v) is 5.75. The van der Waals surface area contributed by atoms with Gasteiger partial charge in [0.15, 0.2) is 0 Å². The van der Waals surface area contributed by atoms with Gasteiger partial charge in [-0.15, -0.1) is 0 Å². The van der Waals surface area contributed by atoms with Crippen LogP contribution in [0.1, 0.15) is 24.3 Å². The topological polar surface area (TPSA) is 38.9 Å². The zero-order valence-electron chi connectivity index (χ0n) is 9.36. The Kier molecular flexibility index (Phi) is 2.32. The molecule has 0 unspecified atom stereocenters. The van der Waals surface area contributed by atoms with E-state index >= 15 is 0 Å². The standard InChI is InChI=1S/C14H13FN2/c15-12-3-1-2-10(6-12)14-13(16)7-11(8-17-14)9-4-5-9/h1-3,6-9H,4-5,16H2. The highest BCUT2D eigenvalue weighted by molar-refractivity contribution is 5.72. The summed E-state index contributed by atoms with van der Waals surface area (Å²) in [6.07, 6.45) is 4.30. The summed E-state index contributed by atoms with van der Waals surface area (Å²) >= 11 is 0. The van der Waals surface area contributed by atoms with Crippen molar-refractivity contribution in [2.75, 3.05) is 5.73 Å². The fourth-order valence-corrected chi connectivity index (χ4v) is 2.02. The number of aromatic nitrogens is 1. The fourth-order valence-electron chi connectivity index (χ4n) is 2.02. The molecule has 0 spiro atoms. The molecule has 1 heterocycles. The summed E-state index contributed by atoms with van der Waals surface area (Å²) in [4.78, 5) is 4.36. The Morgan fingerprint density at radius 1 is 1.24 bits per heavy atom. The van der Waals surface area contributed by atoms with Crippen LogP contribution in [0.25, 0.3) is 11.3 Å². The molecule has 0 bridgehead atoms. The molecule has 2 N–H and O–H groups in total. The highest BCUT2D eigenvalue weighted by Gasteiger charge is 2.24. The first-order valence-electron chi connectivity index (χ1n) is 5.75. The van der Waals surface area contributed by atoms with Gasteiger partial charge < -0.3 is 5.73 Å². The van der Waals surface area contributed by atoms with Crippen molar-refractivity contribution in [2.24, 2.45) is 0 Å². The van der Waals surface area contributed by atoms with Crippen molar-refractivity contribution in [2.45, 2.75) is 18.8 Å². The van der Waals surface area contributed by atoms with Gasteiger partial charge in [-0.2, -0.15) is 0 Å². The molecule has 2 nitrogen and oxygen atoms in total. The zero-order chi connectivity index (χ0) is 11.8. The molecule has 3 rings (SSSR count). The van der Waals surface area contributed by atoms with E-state index in [1.807, 2.05) is 18.3 Å². The van der Waals surface area contributed by atoms with E-state index in [-0.39, 0.29) is 5.82 Å². The van der Waals surface area contributed by atoms with E-state index in [1.54, 1.807) is 6.07 Å². The first-order chi connectivity index (χ1) is 8.24. The summed E-state index contributed by atoms with van der Waals surface area (Å²) in [5.41, 5.74) is 9.19. The number of benzene rings is 1. The van der Waals surface area contributed by atoms with Crippen LogP contribution in [-0.2, 0) is 0 Å². The van der Waals surface area contributed by atoms with Gasteiger partial charge in [-0.3, -0.25) is 4.98 Å². The van der Waals surface area contributed by atoms with Crippen LogP contribution in [0.15, 0.2) is 36.5 Å².